The Morgan fingerprint density at radius 2 is 1.78 bits per heavy atom. The predicted molar refractivity (Wildman–Crippen MR) is 41.2 cm³/mol. The van der Waals surface area contributed by atoms with Gasteiger partial charge in [-0.25, -0.2) is 0 Å². The molecule has 0 bridgehead atoms. The molecule has 0 radical (unpaired) electrons. The van der Waals surface area contributed by atoms with Crippen molar-refractivity contribution in [1.29, 1.82) is 0 Å². The summed E-state index contributed by atoms with van der Waals surface area (Å²) in [7, 11) is 0. The van der Waals surface area contributed by atoms with Crippen LogP contribution in [0, 0.1) is 0 Å². The molecule has 0 fully saturated rings. The standard InChI is InChI=1S/C7H18N2/c1-4-7(5-2)9-6(3)8/h6-7,9H,4-5,8H2,1-3H3. The van der Waals surface area contributed by atoms with Crippen LogP contribution in [0.4, 0.5) is 0 Å². The van der Waals surface area contributed by atoms with Crippen molar-refractivity contribution in [3.05, 3.63) is 0 Å². The number of nitrogens with one attached hydrogen (secondary N) is 1. The zero-order valence-electron chi connectivity index (χ0n) is 6.65. The van der Waals surface area contributed by atoms with Gasteiger partial charge >= 0.3 is 0 Å². The van der Waals surface area contributed by atoms with Crippen LogP contribution in [0.15, 0.2) is 0 Å². The van der Waals surface area contributed by atoms with Crippen molar-refractivity contribution in [2.24, 2.45) is 5.73 Å². The lowest BCUT2D eigenvalue weighted by atomic mass is 10.2. The lowest BCUT2D eigenvalue weighted by Crippen LogP contribution is -2.41. The molecule has 0 aromatic carbocycles. The van der Waals surface area contributed by atoms with Crippen molar-refractivity contribution in [2.75, 3.05) is 0 Å². The Bertz CT molecular complexity index is 57.9. The second kappa shape index (κ2) is 4.77. The summed E-state index contributed by atoms with van der Waals surface area (Å²) >= 11 is 0. The average Bonchev–Trinajstić information content (AvgIpc) is 1.82. The zero-order chi connectivity index (χ0) is 7.28. The van der Waals surface area contributed by atoms with Crippen LogP contribution >= 0.6 is 0 Å². The SMILES string of the molecule is CCC(CC)NC(C)N. The van der Waals surface area contributed by atoms with Crippen molar-refractivity contribution in [3.8, 4) is 0 Å². The molecule has 0 saturated heterocycles. The van der Waals surface area contributed by atoms with E-state index >= 15 is 0 Å². The number of hydrogen-bond acceptors (Lipinski definition) is 2. The molecule has 0 aliphatic rings. The third-order valence-corrected chi connectivity index (χ3v) is 1.48. The highest BCUT2D eigenvalue weighted by Crippen LogP contribution is 1.95. The Balaban J connectivity index is 3.31. The molecule has 0 aliphatic carbocycles. The fourth-order valence-corrected chi connectivity index (χ4v) is 0.896. The molecule has 0 aromatic heterocycles. The quantitative estimate of drug-likeness (QED) is 0.559. The Morgan fingerprint density at radius 3 is 1.89 bits per heavy atom. The van der Waals surface area contributed by atoms with E-state index in [1.807, 2.05) is 6.92 Å². The third-order valence-electron chi connectivity index (χ3n) is 1.48. The summed E-state index contributed by atoms with van der Waals surface area (Å²) in [6, 6.07) is 0.602. The van der Waals surface area contributed by atoms with Gasteiger partial charge in [-0.1, -0.05) is 13.8 Å². The third kappa shape index (κ3) is 4.43. The molecule has 0 aromatic rings. The molecular formula is C7H18N2. The summed E-state index contributed by atoms with van der Waals surface area (Å²) in [5.74, 6) is 0. The summed E-state index contributed by atoms with van der Waals surface area (Å²) < 4.78 is 0. The molecule has 0 amide bonds. The molecule has 1 atom stereocenters. The first-order valence-electron chi connectivity index (χ1n) is 3.72. The van der Waals surface area contributed by atoms with Gasteiger partial charge in [0.15, 0.2) is 0 Å². The maximum absolute atomic E-state index is 5.53. The fourth-order valence-electron chi connectivity index (χ4n) is 0.896. The highest BCUT2D eigenvalue weighted by atomic mass is 15.0. The van der Waals surface area contributed by atoms with E-state index in [4.69, 9.17) is 5.73 Å². The summed E-state index contributed by atoms with van der Waals surface area (Å²) in [6.07, 6.45) is 2.46. The molecular weight excluding hydrogens is 112 g/mol. The van der Waals surface area contributed by atoms with Gasteiger partial charge in [0.1, 0.15) is 0 Å². The summed E-state index contributed by atoms with van der Waals surface area (Å²) in [4.78, 5) is 0. The van der Waals surface area contributed by atoms with Crippen molar-refractivity contribution >= 4 is 0 Å². The van der Waals surface area contributed by atoms with Gasteiger partial charge in [0.25, 0.3) is 0 Å². The van der Waals surface area contributed by atoms with Gasteiger partial charge in [-0.15, -0.1) is 0 Å². The lowest BCUT2D eigenvalue weighted by Gasteiger charge is -2.17. The first kappa shape index (κ1) is 8.92. The monoisotopic (exact) mass is 130 g/mol. The second-order valence-electron chi connectivity index (χ2n) is 2.47. The largest absolute Gasteiger partial charge is 0.316 e. The Labute approximate surface area is 57.8 Å². The highest BCUT2D eigenvalue weighted by Gasteiger charge is 2.02. The molecule has 2 heteroatoms. The first-order valence-corrected chi connectivity index (χ1v) is 3.72. The normalized spacial score (nSPS) is 14.3. The van der Waals surface area contributed by atoms with Crippen molar-refractivity contribution in [2.45, 2.75) is 45.8 Å². The van der Waals surface area contributed by atoms with Crippen LogP contribution in [0.3, 0.4) is 0 Å². The van der Waals surface area contributed by atoms with Gasteiger partial charge in [-0.2, -0.15) is 0 Å². The van der Waals surface area contributed by atoms with Gasteiger partial charge in [-0.3, -0.25) is 5.32 Å². The Hall–Kier alpha value is -0.0800. The van der Waals surface area contributed by atoms with Crippen LogP contribution in [0.2, 0.25) is 0 Å². The van der Waals surface area contributed by atoms with Crippen LogP contribution in [0.25, 0.3) is 0 Å². The molecule has 0 rings (SSSR count). The smallest absolute Gasteiger partial charge is 0.0519 e. The first-order chi connectivity index (χ1) is 4.20. The van der Waals surface area contributed by atoms with E-state index < -0.39 is 0 Å². The molecule has 9 heavy (non-hydrogen) atoms. The van der Waals surface area contributed by atoms with Crippen molar-refractivity contribution in [3.63, 3.8) is 0 Å². The van der Waals surface area contributed by atoms with Gasteiger partial charge in [0, 0.05) is 6.04 Å². The molecule has 3 N–H and O–H groups in total. The minimum atomic E-state index is 0.134. The molecule has 0 spiro atoms. The lowest BCUT2D eigenvalue weighted by molar-refractivity contribution is 0.431. The highest BCUT2D eigenvalue weighted by molar-refractivity contribution is 4.63. The predicted octanol–water partition coefficient (Wildman–Crippen LogP) is 1.07. The fraction of sp³-hybridized carbons (Fsp3) is 1.00. The second-order valence-corrected chi connectivity index (χ2v) is 2.47. The summed E-state index contributed by atoms with van der Waals surface area (Å²) in [6.45, 7) is 6.31. The molecule has 1 unspecified atom stereocenters. The maximum atomic E-state index is 5.53. The molecule has 56 valence electrons. The average molecular weight is 130 g/mol. The minimum Gasteiger partial charge on any atom is -0.316 e. The number of rotatable bonds is 4. The van der Waals surface area contributed by atoms with Gasteiger partial charge < -0.3 is 5.73 Å². The van der Waals surface area contributed by atoms with E-state index in [0.29, 0.717) is 6.04 Å². The van der Waals surface area contributed by atoms with E-state index in [1.54, 1.807) is 0 Å². The number of nitrogens with two attached hydrogens (primary N) is 1. The molecule has 0 aliphatic heterocycles. The maximum Gasteiger partial charge on any atom is 0.0519 e. The Morgan fingerprint density at radius 1 is 1.33 bits per heavy atom. The summed E-state index contributed by atoms with van der Waals surface area (Å²) in [5, 5.41) is 3.26. The number of hydrogen-bond donors (Lipinski definition) is 2. The van der Waals surface area contributed by atoms with E-state index in [1.165, 1.54) is 0 Å². The van der Waals surface area contributed by atoms with Gasteiger partial charge in [0.2, 0.25) is 0 Å². The van der Waals surface area contributed by atoms with Crippen LogP contribution < -0.4 is 11.1 Å². The van der Waals surface area contributed by atoms with Gasteiger partial charge in [0.05, 0.1) is 6.17 Å². The van der Waals surface area contributed by atoms with Gasteiger partial charge in [-0.05, 0) is 19.8 Å². The minimum absolute atomic E-state index is 0.134. The molecule has 0 saturated carbocycles. The van der Waals surface area contributed by atoms with Crippen molar-refractivity contribution in [1.82, 2.24) is 5.32 Å². The van der Waals surface area contributed by atoms with E-state index in [2.05, 4.69) is 19.2 Å². The molecule has 2 nitrogen and oxygen atoms in total. The van der Waals surface area contributed by atoms with E-state index in [-0.39, 0.29) is 6.17 Å². The van der Waals surface area contributed by atoms with E-state index in [0.717, 1.165) is 12.8 Å². The molecule has 0 heterocycles. The van der Waals surface area contributed by atoms with E-state index in [9.17, 15) is 0 Å². The van der Waals surface area contributed by atoms with Crippen molar-refractivity contribution < 1.29 is 0 Å². The van der Waals surface area contributed by atoms with Crippen LogP contribution in [0.5, 0.6) is 0 Å². The summed E-state index contributed by atoms with van der Waals surface area (Å²) in [5.41, 5.74) is 5.53. The van der Waals surface area contributed by atoms with Crippen LogP contribution in [-0.4, -0.2) is 12.2 Å². The Kier molecular flexibility index (Phi) is 4.72. The van der Waals surface area contributed by atoms with Crippen LogP contribution in [-0.2, 0) is 0 Å². The topological polar surface area (TPSA) is 38.0 Å². The van der Waals surface area contributed by atoms with Crippen LogP contribution in [0.1, 0.15) is 33.6 Å². The zero-order valence-corrected chi connectivity index (χ0v) is 6.65.